The maximum atomic E-state index is 10.8. The Kier molecular flexibility index (Phi) is 4.86. The van der Waals surface area contributed by atoms with E-state index >= 15 is 0 Å². The van der Waals surface area contributed by atoms with Gasteiger partial charge in [0.15, 0.2) is 6.29 Å². The van der Waals surface area contributed by atoms with E-state index in [1.54, 1.807) is 0 Å². The number of aliphatic hydroxyl groups is 2. The van der Waals surface area contributed by atoms with Crippen molar-refractivity contribution in [1.29, 1.82) is 0 Å². The van der Waals surface area contributed by atoms with Crippen molar-refractivity contribution < 1.29 is 48.6 Å². The predicted octanol–water partition coefficient (Wildman–Crippen LogP) is -2.25. The number of carboxylic acids is 1. The van der Waals surface area contributed by atoms with E-state index in [9.17, 15) is 19.8 Å². The number of rotatable bonds is 5. The number of carbonyl (C=O) groups excluding carboxylic acids is 1. The first-order chi connectivity index (χ1) is 9.52. The highest BCUT2D eigenvalue weighted by molar-refractivity contribution is 5.71. The van der Waals surface area contributed by atoms with Crippen LogP contribution in [-0.4, -0.2) is 71.7 Å². The Balaban J connectivity index is 2.04. The van der Waals surface area contributed by atoms with Gasteiger partial charge in [-0.3, -0.25) is 4.79 Å². The summed E-state index contributed by atoms with van der Waals surface area (Å²) in [6.07, 6.45) is -6.40. The number of hydrogen-bond donors (Lipinski definition) is 3. The summed E-state index contributed by atoms with van der Waals surface area (Å²) in [5, 5.41) is 27.2. The lowest BCUT2D eigenvalue weighted by Gasteiger charge is -2.33. The molecule has 0 saturated carbocycles. The van der Waals surface area contributed by atoms with E-state index in [2.05, 4.69) is 4.74 Å². The summed E-state index contributed by atoms with van der Waals surface area (Å²) in [4.78, 5) is 21.0. The zero-order chi connectivity index (χ0) is 14.7. The van der Waals surface area contributed by atoms with Crippen LogP contribution < -0.4 is 0 Å². The van der Waals surface area contributed by atoms with E-state index < -0.39 is 43.3 Å². The molecule has 0 bridgehead atoms. The Hall–Kier alpha value is -1.30. The van der Waals surface area contributed by atoms with E-state index in [1.807, 2.05) is 0 Å². The summed E-state index contributed by atoms with van der Waals surface area (Å²) in [7, 11) is 0. The van der Waals surface area contributed by atoms with Gasteiger partial charge in [0.2, 0.25) is 0 Å². The average molecular weight is 294 g/mol. The van der Waals surface area contributed by atoms with Crippen LogP contribution in [-0.2, 0) is 33.3 Å². The Morgan fingerprint density at radius 2 is 2.05 bits per heavy atom. The van der Waals surface area contributed by atoms with Gasteiger partial charge in [-0.05, 0) is 0 Å². The monoisotopic (exact) mass is 294 g/mol. The van der Waals surface area contributed by atoms with Crippen molar-refractivity contribution in [3.8, 4) is 0 Å². The highest BCUT2D eigenvalue weighted by atomic mass is 16.9. The van der Waals surface area contributed by atoms with Gasteiger partial charge < -0.3 is 39.0 Å². The molecular weight excluding hydrogens is 280 g/mol. The summed E-state index contributed by atoms with van der Waals surface area (Å²) in [6.45, 7) is -0.956. The number of aliphatic hydroxyl groups excluding tert-OH is 1. The Morgan fingerprint density at radius 1 is 1.30 bits per heavy atom. The molecule has 5 unspecified atom stereocenters. The minimum atomic E-state index is -1.94. The molecule has 10 nitrogen and oxygen atoms in total. The van der Waals surface area contributed by atoms with Crippen LogP contribution in [0.5, 0.6) is 0 Å². The van der Waals surface area contributed by atoms with Gasteiger partial charge in [0.25, 0.3) is 12.8 Å². The first-order valence-corrected chi connectivity index (χ1v) is 5.79. The highest BCUT2D eigenvalue weighted by Gasteiger charge is 2.48. The number of ether oxygens (including phenoxy) is 5. The first kappa shape index (κ1) is 15.1. The lowest BCUT2D eigenvalue weighted by Crippen LogP contribution is -2.48. The van der Waals surface area contributed by atoms with Crippen LogP contribution in [0.4, 0.5) is 0 Å². The fourth-order valence-corrected chi connectivity index (χ4v) is 2.02. The molecule has 20 heavy (non-hydrogen) atoms. The van der Waals surface area contributed by atoms with Crippen LogP contribution in [0, 0.1) is 0 Å². The quantitative estimate of drug-likeness (QED) is 0.376. The molecular formula is C10H14O10. The lowest BCUT2D eigenvalue weighted by atomic mass is 10.0. The maximum absolute atomic E-state index is 10.8. The third kappa shape index (κ3) is 3.23. The fraction of sp³-hybridized carbons (Fsp3) is 0.800. The summed E-state index contributed by atoms with van der Waals surface area (Å²) in [6, 6.07) is 0. The van der Waals surface area contributed by atoms with Crippen LogP contribution >= 0.6 is 0 Å². The van der Waals surface area contributed by atoms with Crippen molar-refractivity contribution >= 4 is 12.4 Å². The summed E-state index contributed by atoms with van der Waals surface area (Å²) < 4.78 is 24.7. The second-order valence-corrected chi connectivity index (χ2v) is 4.14. The molecule has 10 heteroatoms. The first-order valence-electron chi connectivity index (χ1n) is 5.79. The van der Waals surface area contributed by atoms with Crippen molar-refractivity contribution in [3.05, 3.63) is 0 Å². The number of carboxylic acid groups (broad SMARTS) is 1. The maximum Gasteiger partial charge on any atom is 0.361 e. The molecule has 0 spiro atoms. The predicted molar refractivity (Wildman–Crippen MR) is 55.8 cm³/mol. The van der Waals surface area contributed by atoms with E-state index in [4.69, 9.17) is 24.1 Å². The standard InChI is InChI=1S/C10H14O10/c11-3-17-10-16-2-1-4(18-10)5-6(7(12)13)20-9(19-5)8(14)15/h3-7,9-10,12-13H,1-2H2,(H,14,15). The van der Waals surface area contributed by atoms with Crippen LogP contribution in [0.2, 0.25) is 0 Å². The van der Waals surface area contributed by atoms with Gasteiger partial charge >= 0.3 is 12.4 Å². The topological polar surface area (TPSA) is 141 Å². The molecule has 0 amide bonds. The summed E-state index contributed by atoms with van der Waals surface area (Å²) >= 11 is 0. The minimum Gasteiger partial charge on any atom is -0.477 e. The van der Waals surface area contributed by atoms with Crippen LogP contribution in [0.25, 0.3) is 0 Å². The van der Waals surface area contributed by atoms with E-state index in [1.165, 1.54) is 0 Å². The summed E-state index contributed by atoms with van der Waals surface area (Å²) in [5.41, 5.74) is 0. The van der Waals surface area contributed by atoms with Crippen molar-refractivity contribution in [2.45, 2.75) is 43.8 Å². The Bertz CT molecular complexity index is 358. The SMILES string of the molecule is O=COC1OCCC(C2OC(C(=O)O)OC2C(O)O)O1. The summed E-state index contributed by atoms with van der Waals surface area (Å²) in [5.74, 6) is -1.40. The molecule has 0 radical (unpaired) electrons. The van der Waals surface area contributed by atoms with Crippen molar-refractivity contribution in [3.63, 3.8) is 0 Å². The lowest BCUT2D eigenvalue weighted by molar-refractivity contribution is -0.325. The Morgan fingerprint density at radius 3 is 2.65 bits per heavy atom. The van der Waals surface area contributed by atoms with Gasteiger partial charge in [0.05, 0.1) is 12.7 Å². The van der Waals surface area contributed by atoms with Crippen LogP contribution in [0.3, 0.4) is 0 Å². The van der Waals surface area contributed by atoms with Gasteiger partial charge in [-0.2, -0.15) is 0 Å². The molecule has 114 valence electrons. The second-order valence-electron chi connectivity index (χ2n) is 4.14. The van der Waals surface area contributed by atoms with Crippen LogP contribution in [0.15, 0.2) is 0 Å². The van der Waals surface area contributed by atoms with Crippen LogP contribution in [0.1, 0.15) is 6.42 Å². The number of carbonyl (C=O) groups is 2. The zero-order valence-electron chi connectivity index (χ0n) is 10.2. The third-order valence-electron chi connectivity index (χ3n) is 2.86. The van der Waals surface area contributed by atoms with Gasteiger partial charge in [-0.1, -0.05) is 0 Å². The molecule has 0 aromatic carbocycles. The zero-order valence-corrected chi connectivity index (χ0v) is 10.2. The van der Waals surface area contributed by atoms with Gasteiger partial charge in [0.1, 0.15) is 12.2 Å². The van der Waals surface area contributed by atoms with Gasteiger partial charge in [-0.15, -0.1) is 0 Å². The third-order valence-corrected chi connectivity index (χ3v) is 2.86. The molecule has 2 rings (SSSR count). The van der Waals surface area contributed by atoms with E-state index in [0.29, 0.717) is 0 Å². The van der Waals surface area contributed by atoms with Crippen molar-refractivity contribution in [2.75, 3.05) is 6.61 Å². The Labute approximate surface area is 112 Å². The molecule has 2 fully saturated rings. The normalized spacial score (nSPS) is 37.9. The molecule has 0 aromatic rings. The molecule has 5 atom stereocenters. The smallest absolute Gasteiger partial charge is 0.361 e. The number of aliphatic carboxylic acids is 1. The molecule has 3 N–H and O–H groups in total. The van der Waals surface area contributed by atoms with Gasteiger partial charge in [0, 0.05) is 6.42 Å². The molecule has 0 aliphatic carbocycles. The molecule has 2 aliphatic rings. The minimum absolute atomic E-state index is 0.136. The van der Waals surface area contributed by atoms with E-state index in [0.717, 1.165) is 0 Å². The molecule has 2 heterocycles. The highest BCUT2D eigenvalue weighted by Crippen LogP contribution is 2.29. The second kappa shape index (κ2) is 6.43. The van der Waals surface area contributed by atoms with Gasteiger partial charge in [-0.25, -0.2) is 4.79 Å². The fourth-order valence-electron chi connectivity index (χ4n) is 2.02. The van der Waals surface area contributed by atoms with Crippen molar-refractivity contribution in [1.82, 2.24) is 0 Å². The van der Waals surface area contributed by atoms with Crippen molar-refractivity contribution in [2.24, 2.45) is 0 Å². The molecule has 0 aromatic heterocycles. The largest absolute Gasteiger partial charge is 0.477 e. The molecule has 2 aliphatic heterocycles. The van der Waals surface area contributed by atoms with E-state index in [-0.39, 0.29) is 19.5 Å². The number of hydrogen-bond acceptors (Lipinski definition) is 9. The average Bonchev–Trinajstić information content (AvgIpc) is 2.85. The molecule has 2 saturated heterocycles.